The largest absolute Gasteiger partial charge is 0.494 e. The van der Waals surface area contributed by atoms with Crippen LogP contribution in [0.25, 0.3) is 10.9 Å². The van der Waals surface area contributed by atoms with Gasteiger partial charge in [0.15, 0.2) is 11.6 Å². The predicted octanol–water partition coefficient (Wildman–Crippen LogP) is 2.66. The molecule has 1 aromatic heterocycles. The SMILES string of the molecule is COc1cc2c(ccn2[C@H]2CC2N(C)C)cc1F. The first-order valence-corrected chi connectivity index (χ1v) is 6.12. The summed E-state index contributed by atoms with van der Waals surface area (Å²) in [5, 5.41) is 0.928. The molecule has 1 aliphatic carbocycles. The Morgan fingerprint density at radius 2 is 2.17 bits per heavy atom. The summed E-state index contributed by atoms with van der Waals surface area (Å²) in [7, 11) is 5.69. The number of likely N-dealkylation sites (N-methyl/N-ethyl adjacent to an activating group) is 1. The smallest absolute Gasteiger partial charge is 0.165 e. The molecule has 1 aromatic carbocycles. The van der Waals surface area contributed by atoms with E-state index in [1.807, 2.05) is 12.3 Å². The molecule has 2 aromatic rings. The number of rotatable bonds is 3. The van der Waals surface area contributed by atoms with Crippen molar-refractivity contribution in [1.82, 2.24) is 9.47 Å². The van der Waals surface area contributed by atoms with E-state index in [4.69, 9.17) is 4.74 Å². The maximum absolute atomic E-state index is 13.6. The van der Waals surface area contributed by atoms with Gasteiger partial charge in [-0.25, -0.2) is 4.39 Å². The second-order valence-electron chi connectivity index (χ2n) is 5.10. The first-order chi connectivity index (χ1) is 8.61. The molecular weight excluding hydrogens is 231 g/mol. The predicted molar refractivity (Wildman–Crippen MR) is 69.6 cm³/mol. The summed E-state index contributed by atoms with van der Waals surface area (Å²) in [6.07, 6.45) is 3.19. The van der Waals surface area contributed by atoms with Crippen LogP contribution in [-0.4, -0.2) is 36.7 Å². The number of hydrogen-bond donors (Lipinski definition) is 0. The van der Waals surface area contributed by atoms with Crippen LogP contribution in [0.1, 0.15) is 12.5 Å². The van der Waals surface area contributed by atoms with Gasteiger partial charge >= 0.3 is 0 Å². The highest BCUT2D eigenvalue weighted by Crippen LogP contribution is 2.42. The lowest BCUT2D eigenvalue weighted by Crippen LogP contribution is -2.17. The van der Waals surface area contributed by atoms with Gasteiger partial charge in [-0.3, -0.25) is 0 Å². The molecule has 96 valence electrons. The molecule has 4 heteroatoms. The fraction of sp³-hybridized carbons (Fsp3) is 0.429. The highest BCUT2D eigenvalue weighted by atomic mass is 19.1. The Bertz CT molecular complexity index is 591. The van der Waals surface area contributed by atoms with Gasteiger partial charge < -0.3 is 14.2 Å². The number of benzene rings is 1. The minimum absolute atomic E-state index is 0.303. The normalized spacial score (nSPS) is 22.7. The lowest BCUT2D eigenvalue weighted by molar-refractivity contribution is 0.376. The van der Waals surface area contributed by atoms with Crippen LogP contribution in [0.5, 0.6) is 5.75 Å². The molecule has 0 saturated heterocycles. The summed E-state index contributed by atoms with van der Waals surface area (Å²) in [5.41, 5.74) is 1.04. The first kappa shape index (κ1) is 11.5. The molecule has 0 radical (unpaired) electrons. The van der Waals surface area contributed by atoms with Gasteiger partial charge in [0.05, 0.1) is 18.7 Å². The highest BCUT2D eigenvalue weighted by Gasteiger charge is 2.40. The van der Waals surface area contributed by atoms with Crippen molar-refractivity contribution in [2.24, 2.45) is 0 Å². The number of halogens is 1. The monoisotopic (exact) mass is 248 g/mol. The molecule has 0 aliphatic heterocycles. The maximum atomic E-state index is 13.6. The number of methoxy groups -OCH3 is 1. The Labute approximate surface area is 106 Å². The van der Waals surface area contributed by atoms with E-state index in [1.165, 1.54) is 13.2 Å². The van der Waals surface area contributed by atoms with Crippen LogP contribution in [0.2, 0.25) is 0 Å². The average Bonchev–Trinajstić information content (AvgIpc) is 3.04. The number of aromatic nitrogens is 1. The Balaban J connectivity index is 2.04. The molecule has 0 amide bonds. The quantitative estimate of drug-likeness (QED) is 0.831. The Morgan fingerprint density at radius 1 is 1.39 bits per heavy atom. The Morgan fingerprint density at radius 3 is 2.78 bits per heavy atom. The van der Waals surface area contributed by atoms with Gasteiger partial charge in [-0.15, -0.1) is 0 Å². The van der Waals surface area contributed by atoms with Crippen LogP contribution in [0, 0.1) is 5.82 Å². The molecular formula is C14H17FN2O. The lowest BCUT2D eigenvalue weighted by atomic mass is 10.2. The van der Waals surface area contributed by atoms with Crippen molar-refractivity contribution < 1.29 is 9.13 Å². The van der Waals surface area contributed by atoms with Crippen molar-refractivity contribution in [3.05, 3.63) is 30.2 Å². The highest BCUT2D eigenvalue weighted by molar-refractivity contribution is 5.82. The Kier molecular flexibility index (Phi) is 2.55. The number of ether oxygens (including phenoxy) is 1. The molecule has 3 nitrogen and oxygen atoms in total. The van der Waals surface area contributed by atoms with Crippen LogP contribution in [0.4, 0.5) is 4.39 Å². The second kappa shape index (κ2) is 3.99. The van der Waals surface area contributed by atoms with E-state index in [2.05, 4.69) is 23.6 Å². The van der Waals surface area contributed by atoms with Crippen LogP contribution < -0.4 is 4.74 Å². The standard InChI is InChI=1S/C14H17FN2O/c1-16(2)12-7-13(12)17-5-4-9-6-10(15)14(18-3)8-11(9)17/h4-6,8,12-13H,7H2,1-3H3/t12?,13-/m0/s1. The summed E-state index contributed by atoms with van der Waals surface area (Å²) in [6, 6.07) is 6.36. The van der Waals surface area contributed by atoms with E-state index in [0.29, 0.717) is 17.8 Å². The topological polar surface area (TPSA) is 17.4 Å². The van der Waals surface area contributed by atoms with Crippen LogP contribution in [0.15, 0.2) is 24.4 Å². The molecule has 1 fully saturated rings. The summed E-state index contributed by atoms with van der Waals surface area (Å²) in [5.74, 6) is 0.00668. The zero-order valence-corrected chi connectivity index (χ0v) is 10.9. The molecule has 0 spiro atoms. The molecule has 0 N–H and O–H groups in total. The first-order valence-electron chi connectivity index (χ1n) is 6.12. The van der Waals surface area contributed by atoms with E-state index >= 15 is 0 Å². The summed E-state index contributed by atoms with van der Waals surface area (Å²) >= 11 is 0. The molecule has 3 rings (SSSR count). The fourth-order valence-electron chi connectivity index (χ4n) is 2.62. The van der Waals surface area contributed by atoms with Crippen molar-refractivity contribution in [2.45, 2.75) is 18.5 Å². The van der Waals surface area contributed by atoms with Crippen LogP contribution in [-0.2, 0) is 0 Å². The van der Waals surface area contributed by atoms with Gasteiger partial charge in [0.1, 0.15) is 0 Å². The molecule has 1 aliphatic rings. The van der Waals surface area contributed by atoms with Gasteiger partial charge in [0.25, 0.3) is 0 Å². The number of fused-ring (bicyclic) bond motifs is 1. The average molecular weight is 248 g/mol. The van der Waals surface area contributed by atoms with Gasteiger partial charge in [-0.1, -0.05) is 0 Å². The van der Waals surface area contributed by atoms with Crippen molar-refractivity contribution in [3.8, 4) is 5.75 Å². The van der Waals surface area contributed by atoms with Crippen molar-refractivity contribution in [3.63, 3.8) is 0 Å². The molecule has 18 heavy (non-hydrogen) atoms. The molecule has 2 atom stereocenters. The fourth-order valence-corrected chi connectivity index (χ4v) is 2.62. The van der Waals surface area contributed by atoms with Gasteiger partial charge in [-0.05, 0) is 32.6 Å². The molecule has 1 saturated carbocycles. The zero-order valence-electron chi connectivity index (χ0n) is 10.9. The van der Waals surface area contributed by atoms with Crippen molar-refractivity contribution in [2.75, 3.05) is 21.2 Å². The minimum Gasteiger partial charge on any atom is -0.494 e. The summed E-state index contributed by atoms with van der Waals surface area (Å²) in [4.78, 5) is 2.23. The summed E-state index contributed by atoms with van der Waals surface area (Å²) < 4.78 is 20.9. The third kappa shape index (κ3) is 1.68. The lowest BCUT2D eigenvalue weighted by Gasteiger charge is -2.11. The minimum atomic E-state index is -0.303. The van der Waals surface area contributed by atoms with E-state index in [9.17, 15) is 4.39 Å². The van der Waals surface area contributed by atoms with Gasteiger partial charge in [-0.2, -0.15) is 0 Å². The van der Waals surface area contributed by atoms with E-state index in [-0.39, 0.29) is 5.82 Å². The van der Waals surface area contributed by atoms with Gasteiger partial charge in [0, 0.05) is 23.7 Å². The molecule has 1 heterocycles. The number of nitrogens with zero attached hydrogens (tertiary/aromatic N) is 2. The number of hydrogen-bond acceptors (Lipinski definition) is 2. The van der Waals surface area contributed by atoms with E-state index in [1.54, 1.807) is 6.07 Å². The van der Waals surface area contributed by atoms with Crippen molar-refractivity contribution >= 4 is 10.9 Å². The maximum Gasteiger partial charge on any atom is 0.165 e. The van der Waals surface area contributed by atoms with Crippen LogP contribution >= 0.6 is 0 Å². The van der Waals surface area contributed by atoms with Gasteiger partial charge in [0.2, 0.25) is 0 Å². The molecule has 0 bridgehead atoms. The summed E-state index contributed by atoms with van der Waals surface area (Å²) in [6.45, 7) is 0. The third-order valence-corrected chi connectivity index (χ3v) is 3.74. The van der Waals surface area contributed by atoms with Crippen LogP contribution in [0.3, 0.4) is 0 Å². The van der Waals surface area contributed by atoms with Crippen molar-refractivity contribution in [1.29, 1.82) is 0 Å². The zero-order chi connectivity index (χ0) is 12.9. The third-order valence-electron chi connectivity index (χ3n) is 3.74. The second-order valence-corrected chi connectivity index (χ2v) is 5.10. The Hall–Kier alpha value is -1.55. The molecule has 1 unspecified atom stereocenters. The van der Waals surface area contributed by atoms with E-state index < -0.39 is 0 Å². The van der Waals surface area contributed by atoms with E-state index in [0.717, 1.165) is 17.3 Å².